The van der Waals surface area contributed by atoms with Gasteiger partial charge >= 0.3 is 0 Å². The molecule has 0 saturated carbocycles. The Labute approximate surface area is 155 Å². The number of hydrogen-bond donors (Lipinski definition) is 1. The monoisotopic (exact) mass is 371 g/mol. The van der Waals surface area contributed by atoms with Crippen molar-refractivity contribution in [2.45, 2.75) is 11.8 Å². The first-order chi connectivity index (χ1) is 12.5. The molecular weight excluding hydrogens is 353 g/mol. The van der Waals surface area contributed by atoms with E-state index >= 15 is 0 Å². The Bertz CT molecular complexity index is 808. The lowest BCUT2D eigenvalue weighted by molar-refractivity contribution is -0.128. The fourth-order valence-electron chi connectivity index (χ4n) is 2.20. The number of carbonyl (C=O) groups excluding carboxylic acids is 2. The minimum Gasteiger partial charge on any atom is -0.339 e. The first-order valence-electron chi connectivity index (χ1n) is 7.86. The van der Waals surface area contributed by atoms with E-state index in [1.807, 2.05) is 30.3 Å². The van der Waals surface area contributed by atoms with Crippen LogP contribution < -0.4 is 5.32 Å². The van der Waals surface area contributed by atoms with Crippen molar-refractivity contribution < 1.29 is 14.0 Å². The van der Waals surface area contributed by atoms with Gasteiger partial charge in [0.05, 0.1) is 0 Å². The van der Waals surface area contributed by atoms with Crippen molar-refractivity contribution in [2.24, 2.45) is 0 Å². The smallest absolute Gasteiger partial charge is 0.258 e. The third-order valence-corrected chi connectivity index (χ3v) is 4.67. The molecule has 134 valence electrons. The molecule has 0 aromatic heterocycles. The number of thioether (sulfide) groups is 1. The molecule has 0 aliphatic rings. The molecule has 0 unspecified atom stereocenters. The highest BCUT2D eigenvalue weighted by Crippen LogP contribution is 2.14. The molecular formula is C19H18FN3O2S. The van der Waals surface area contributed by atoms with Gasteiger partial charge in [0.2, 0.25) is 0 Å². The van der Waals surface area contributed by atoms with Crippen LogP contribution in [0.5, 0.6) is 0 Å². The highest BCUT2D eigenvalue weighted by molar-refractivity contribution is 7.98. The van der Waals surface area contributed by atoms with Gasteiger partial charge in [-0.05, 0) is 23.8 Å². The van der Waals surface area contributed by atoms with E-state index in [0.717, 1.165) is 16.5 Å². The van der Waals surface area contributed by atoms with E-state index in [-0.39, 0.29) is 5.56 Å². The van der Waals surface area contributed by atoms with Crippen LogP contribution in [0.1, 0.15) is 15.9 Å². The van der Waals surface area contributed by atoms with Crippen molar-refractivity contribution in [3.8, 4) is 6.19 Å². The first-order valence-corrected chi connectivity index (χ1v) is 9.02. The van der Waals surface area contributed by atoms with E-state index in [1.54, 1.807) is 6.19 Å². The van der Waals surface area contributed by atoms with Gasteiger partial charge in [0, 0.05) is 24.1 Å². The predicted octanol–water partition coefficient (Wildman–Crippen LogP) is 2.80. The normalized spacial score (nSPS) is 11.3. The van der Waals surface area contributed by atoms with Crippen LogP contribution in [0.15, 0.2) is 54.6 Å². The molecule has 2 rings (SSSR count). The molecule has 1 atom stereocenters. The molecule has 1 N–H and O–H groups in total. The Kier molecular flexibility index (Phi) is 7.18. The van der Waals surface area contributed by atoms with Gasteiger partial charge in [0.1, 0.15) is 11.9 Å². The zero-order valence-electron chi connectivity index (χ0n) is 14.2. The summed E-state index contributed by atoms with van der Waals surface area (Å²) in [6, 6.07) is 14.0. The maximum Gasteiger partial charge on any atom is 0.258 e. The first kappa shape index (κ1) is 19.5. The number of nitrogens with one attached hydrogen (secondary N) is 1. The van der Waals surface area contributed by atoms with E-state index < -0.39 is 23.7 Å². The van der Waals surface area contributed by atoms with E-state index in [0.29, 0.717) is 11.5 Å². The molecule has 0 fully saturated rings. The minimum absolute atomic E-state index is 0.121. The predicted molar refractivity (Wildman–Crippen MR) is 98.6 cm³/mol. The van der Waals surface area contributed by atoms with Gasteiger partial charge in [-0.15, -0.1) is 0 Å². The molecule has 0 spiro atoms. The number of hydrogen-bond acceptors (Lipinski definition) is 4. The highest BCUT2D eigenvalue weighted by Gasteiger charge is 2.24. The summed E-state index contributed by atoms with van der Waals surface area (Å²) in [6.45, 7) is 0. The van der Waals surface area contributed by atoms with Gasteiger partial charge in [-0.1, -0.05) is 36.4 Å². The van der Waals surface area contributed by atoms with Crippen LogP contribution in [-0.4, -0.2) is 35.6 Å². The molecule has 0 heterocycles. The lowest BCUT2D eigenvalue weighted by Gasteiger charge is -2.20. The number of benzene rings is 2. The standard InChI is InChI=1S/C19H18FN3O2S/c1-23(13-21)19(25)17(12-26-11-14-6-3-2-4-7-14)22-18(24)15-8-5-9-16(20)10-15/h2-10,17H,11-12H2,1H3,(H,22,24)/t17-/m0/s1. The fraction of sp³-hybridized carbons (Fsp3) is 0.211. The molecule has 0 radical (unpaired) electrons. The lowest BCUT2D eigenvalue weighted by Crippen LogP contribution is -2.47. The maximum absolute atomic E-state index is 13.3. The molecule has 7 heteroatoms. The second kappa shape index (κ2) is 9.59. The topological polar surface area (TPSA) is 73.2 Å². The third kappa shape index (κ3) is 5.60. The lowest BCUT2D eigenvalue weighted by atomic mass is 10.2. The number of nitrogens with zero attached hydrogens (tertiary/aromatic N) is 2. The Morgan fingerprint density at radius 2 is 1.96 bits per heavy atom. The van der Waals surface area contributed by atoms with Gasteiger partial charge < -0.3 is 5.32 Å². The van der Waals surface area contributed by atoms with Crippen LogP contribution >= 0.6 is 11.8 Å². The number of likely N-dealkylation sites (N-methyl/N-ethyl adjacent to an activating group) is 1. The average molecular weight is 371 g/mol. The van der Waals surface area contributed by atoms with E-state index in [2.05, 4.69) is 5.32 Å². The summed E-state index contributed by atoms with van der Waals surface area (Å²) in [5, 5.41) is 11.5. The number of rotatable bonds is 7. The van der Waals surface area contributed by atoms with E-state index in [9.17, 15) is 14.0 Å². The zero-order valence-corrected chi connectivity index (χ0v) is 15.0. The molecule has 5 nitrogen and oxygen atoms in total. The van der Waals surface area contributed by atoms with Crippen molar-refractivity contribution in [1.29, 1.82) is 5.26 Å². The molecule has 0 aliphatic carbocycles. The molecule has 0 bridgehead atoms. The Morgan fingerprint density at radius 1 is 1.23 bits per heavy atom. The van der Waals surface area contributed by atoms with Crippen molar-refractivity contribution in [2.75, 3.05) is 12.8 Å². The van der Waals surface area contributed by atoms with E-state index in [1.165, 1.54) is 37.0 Å². The Balaban J connectivity index is 2.04. The molecule has 2 amide bonds. The van der Waals surface area contributed by atoms with Crippen molar-refractivity contribution in [3.63, 3.8) is 0 Å². The van der Waals surface area contributed by atoms with Crippen LogP contribution in [0.4, 0.5) is 4.39 Å². The van der Waals surface area contributed by atoms with Crippen molar-refractivity contribution >= 4 is 23.6 Å². The van der Waals surface area contributed by atoms with Gasteiger partial charge in [0.15, 0.2) is 6.19 Å². The van der Waals surface area contributed by atoms with E-state index in [4.69, 9.17) is 5.26 Å². The van der Waals surface area contributed by atoms with Gasteiger partial charge in [-0.25, -0.2) is 4.39 Å². The highest BCUT2D eigenvalue weighted by atomic mass is 32.2. The minimum atomic E-state index is -0.885. The molecule has 2 aromatic rings. The molecule has 0 aliphatic heterocycles. The summed E-state index contributed by atoms with van der Waals surface area (Å²) in [5.74, 6) is -0.655. The third-order valence-electron chi connectivity index (χ3n) is 3.57. The van der Waals surface area contributed by atoms with Gasteiger partial charge in [0.25, 0.3) is 11.8 Å². The number of carbonyl (C=O) groups is 2. The maximum atomic E-state index is 13.3. The largest absolute Gasteiger partial charge is 0.339 e. The second-order valence-electron chi connectivity index (χ2n) is 5.53. The average Bonchev–Trinajstić information content (AvgIpc) is 2.66. The SMILES string of the molecule is CN(C#N)C(=O)[C@H](CSCc1ccccc1)NC(=O)c1cccc(F)c1. The van der Waals surface area contributed by atoms with Crippen LogP contribution in [0.2, 0.25) is 0 Å². The van der Waals surface area contributed by atoms with Crippen LogP contribution in [-0.2, 0) is 10.5 Å². The van der Waals surface area contributed by atoms with Crippen molar-refractivity contribution in [3.05, 3.63) is 71.5 Å². The second-order valence-corrected chi connectivity index (χ2v) is 6.56. The molecule has 0 saturated heterocycles. The van der Waals surface area contributed by atoms with Crippen LogP contribution in [0.3, 0.4) is 0 Å². The quantitative estimate of drug-likeness (QED) is 0.600. The summed E-state index contributed by atoms with van der Waals surface area (Å²) < 4.78 is 13.3. The Hall–Kier alpha value is -2.85. The number of halogens is 1. The summed E-state index contributed by atoms with van der Waals surface area (Å²) in [5.41, 5.74) is 1.21. The zero-order chi connectivity index (χ0) is 18.9. The number of amides is 2. The van der Waals surface area contributed by atoms with Crippen molar-refractivity contribution in [1.82, 2.24) is 10.2 Å². The van der Waals surface area contributed by atoms with Crippen LogP contribution in [0.25, 0.3) is 0 Å². The molecule has 2 aromatic carbocycles. The summed E-state index contributed by atoms with van der Waals surface area (Å²) in [6.07, 6.45) is 1.74. The van der Waals surface area contributed by atoms with Crippen LogP contribution in [0, 0.1) is 17.3 Å². The summed E-state index contributed by atoms with van der Waals surface area (Å²) in [4.78, 5) is 25.5. The van der Waals surface area contributed by atoms with Gasteiger partial charge in [-0.3, -0.25) is 14.5 Å². The Morgan fingerprint density at radius 3 is 2.62 bits per heavy atom. The fourth-order valence-corrected chi connectivity index (χ4v) is 3.21. The summed E-state index contributed by atoms with van der Waals surface area (Å²) in [7, 11) is 1.34. The molecule has 26 heavy (non-hydrogen) atoms. The van der Waals surface area contributed by atoms with Gasteiger partial charge in [-0.2, -0.15) is 17.0 Å². The summed E-state index contributed by atoms with van der Waals surface area (Å²) >= 11 is 1.47. The number of nitriles is 1.